The van der Waals surface area contributed by atoms with Crippen molar-refractivity contribution in [1.29, 1.82) is 0 Å². The van der Waals surface area contributed by atoms with E-state index in [4.69, 9.17) is 4.74 Å². The number of nitrogens with zero attached hydrogens (tertiary/aromatic N) is 3. The Kier molecular flexibility index (Phi) is 17.1. The number of hydrogen-bond acceptors (Lipinski definition) is 6. The third-order valence-corrected chi connectivity index (χ3v) is 9.16. The van der Waals surface area contributed by atoms with Gasteiger partial charge in [-0.2, -0.15) is 26.3 Å². The number of halogens is 6. The summed E-state index contributed by atoms with van der Waals surface area (Å²) in [6.45, 7) is 5.56. The summed E-state index contributed by atoms with van der Waals surface area (Å²) >= 11 is 0. The fraction of sp³-hybridized carbons (Fsp3) is 0.643. The molecule has 1 aromatic carbocycles. The summed E-state index contributed by atoms with van der Waals surface area (Å²) in [5.74, 6) is -0.265. The SMILES string of the molecule is CCCCCCCCCCCCCC[n+]1ccn(-c2ccc(C(=O)OCC)cc2)c1.O=S(=O)([N-]S(=O)(=O)C(F)(F)F)C(F)(F)F. The summed E-state index contributed by atoms with van der Waals surface area (Å²) in [5.41, 5.74) is -10.8. The van der Waals surface area contributed by atoms with Crippen molar-refractivity contribution in [2.45, 2.75) is 108 Å². The number of aromatic nitrogens is 2. The van der Waals surface area contributed by atoms with E-state index >= 15 is 0 Å². The molecule has 0 aliphatic rings. The number of benzene rings is 1. The Morgan fingerprint density at radius 2 is 1.20 bits per heavy atom. The van der Waals surface area contributed by atoms with Gasteiger partial charge in [0.05, 0.1) is 18.7 Å². The molecular weight excluding hydrogens is 652 g/mol. The van der Waals surface area contributed by atoms with Gasteiger partial charge in [-0.3, -0.25) is 0 Å². The van der Waals surface area contributed by atoms with Crippen LogP contribution in [0.3, 0.4) is 0 Å². The molecule has 0 aliphatic carbocycles. The number of imidazole rings is 1. The second-order valence-corrected chi connectivity index (χ2v) is 13.6. The van der Waals surface area contributed by atoms with Crippen LogP contribution in [0, 0.1) is 0 Å². The molecule has 0 spiro atoms. The zero-order valence-electron chi connectivity index (χ0n) is 25.3. The number of sulfonamides is 2. The zero-order chi connectivity index (χ0) is 34.2. The van der Waals surface area contributed by atoms with Gasteiger partial charge < -0.3 is 8.86 Å². The first-order valence-corrected chi connectivity index (χ1v) is 17.5. The van der Waals surface area contributed by atoms with E-state index in [-0.39, 0.29) is 5.97 Å². The third kappa shape index (κ3) is 15.0. The lowest BCUT2D eigenvalue weighted by Gasteiger charge is -2.22. The Morgan fingerprint density at radius 3 is 1.62 bits per heavy atom. The Morgan fingerprint density at radius 1 is 0.756 bits per heavy atom. The molecule has 258 valence electrons. The first-order chi connectivity index (χ1) is 20.9. The molecule has 1 heterocycles. The molecular formula is C28H41F6N3O6S2. The highest BCUT2D eigenvalue weighted by molar-refractivity contribution is 8.13. The summed E-state index contributed by atoms with van der Waals surface area (Å²) in [7, 11) is -13.4. The van der Waals surface area contributed by atoms with Gasteiger partial charge in [-0.05, 0) is 44.0 Å². The van der Waals surface area contributed by atoms with Gasteiger partial charge in [0, 0.05) is 0 Å². The van der Waals surface area contributed by atoms with E-state index in [9.17, 15) is 48.0 Å². The van der Waals surface area contributed by atoms with E-state index in [0.29, 0.717) is 12.2 Å². The molecule has 0 amide bonds. The maximum Gasteiger partial charge on any atom is 0.480 e. The van der Waals surface area contributed by atoms with Crippen LogP contribution in [-0.4, -0.2) is 45.0 Å². The zero-order valence-corrected chi connectivity index (χ0v) is 26.9. The Bertz CT molecular complexity index is 1320. The van der Waals surface area contributed by atoms with E-state index < -0.39 is 31.1 Å². The van der Waals surface area contributed by atoms with Crippen LogP contribution in [0.5, 0.6) is 0 Å². The van der Waals surface area contributed by atoms with Gasteiger partial charge in [0.1, 0.15) is 18.1 Å². The van der Waals surface area contributed by atoms with Crippen molar-refractivity contribution < 1.29 is 57.3 Å². The largest absolute Gasteiger partial charge is 0.480 e. The van der Waals surface area contributed by atoms with E-state index in [1.807, 2.05) is 31.2 Å². The average molecular weight is 694 g/mol. The van der Waals surface area contributed by atoms with Crippen LogP contribution in [0.15, 0.2) is 43.0 Å². The minimum absolute atomic E-state index is 0.265. The fourth-order valence-electron chi connectivity index (χ4n) is 4.01. The van der Waals surface area contributed by atoms with E-state index in [1.54, 1.807) is 0 Å². The van der Waals surface area contributed by atoms with E-state index in [0.717, 1.165) is 16.4 Å². The average Bonchev–Trinajstić information content (AvgIpc) is 3.41. The Labute approximate surface area is 261 Å². The molecule has 2 aromatic rings. The smallest absolute Gasteiger partial charge is 0.462 e. The second kappa shape index (κ2) is 19.1. The minimum Gasteiger partial charge on any atom is -0.462 e. The Balaban J connectivity index is 0.000000570. The number of rotatable bonds is 18. The number of esters is 1. The van der Waals surface area contributed by atoms with E-state index in [2.05, 4.69) is 34.8 Å². The van der Waals surface area contributed by atoms with Crippen molar-refractivity contribution in [3.05, 3.63) is 52.7 Å². The predicted octanol–water partition coefficient (Wildman–Crippen LogP) is 7.70. The van der Waals surface area contributed by atoms with Crippen molar-refractivity contribution in [2.75, 3.05) is 6.61 Å². The molecule has 0 fully saturated rings. The molecule has 0 aliphatic heterocycles. The van der Waals surface area contributed by atoms with Crippen LogP contribution >= 0.6 is 0 Å². The van der Waals surface area contributed by atoms with Crippen LogP contribution in [0.2, 0.25) is 0 Å². The van der Waals surface area contributed by atoms with E-state index in [1.165, 1.54) is 77.0 Å². The van der Waals surface area contributed by atoms with Crippen LogP contribution in [0.4, 0.5) is 26.3 Å². The van der Waals surface area contributed by atoms with Gasteiger partial charge in [-0.1, -0.05) is 71.1 Å². The summed E-state index contributed by atoms with van der Waals surface area (Å²) in [5, 5.41) is 0. The highest BCUT2D eigenvalue weighted by atomic mass is 32.3. The van der Waals surface area contributed by atoms with Crippen LogP contribution < -0.4 is 4.57 Å². The van der Waals surface area contributed by atoms with Gasteiger partial charge in [0.2, 0.25) is 6.33 Å². The number of unbranched alkanes of at least 4 members (excludes halogenated alkanes) is 11. The van der Waals surface area contributed by atoms with Crippen molar-refractivity contribution in [3.8, 4) is 5.69 Å². The maximum absolute atomic E-state index is 11.8. The predicted molar refractivity (Wildman–Crippen MR) is 156 cm³/mol. The molecule has 0 atom stereocenters. The lowest BCUT2D eigenvalue weighted by molar-refractivity contribution is -0.696. The third-order valence-electron chi connectivity index (χ3n) is 6.42. The van der Waals surface area contributed by atoms with Gasteiger partial charge in [-0.15, -0.1) is 0 Å². The molecule has 45 heavy (non-hydrogen) atoms. The highest BCUT2D eigenvalue weighted by Crippen LogP contribution is 2.36. The molecule has 9 nitrogen and oxygen atoms in total. The molecule has 2 rings (SSSR count). The number of aryl methyl sites for hydroxylation is 1. The maximum atomic E-state index is 11.8. The topological polar surface area (TPSA) is 117 Å². The van der Waals surface area contributed by atoms with Crippen LogP contribution in [0.1, 0.15) is 101 Å². The summed E-state index contributed by atoms with van der Waals surface area (Å²) in [4.78, 5) is 11.8. The minimum atomic E-state index is -6.72. The number of alkyl halides is 6. The Hall–Kier alpha value is -2.66. The van der Waals surface area contributed by atoms with Crippen molar-refractivity contribution in [3.63, 3.8) is 0 Å². The standard InChI is InChI=1S/C26H41N2O2.C2F6NO4S2/c1-3-5-6-7-8-9-10-11-12-13-14-15-20-27-21-22-28(23-27)25-18-16-24(17-19-25)26(29)30-4-2;3-1(4,5)14(10,11)9-15(12,13)2(6,7)8/h16-19,21-23H,3-15,20H2,1-2H3;/q+1;-1. The van der Waals surface area contributed by atoms with Crippen molar-refractivity contribution in [1.82, 2.24) is 4.57 Å². The summed E-state index contributed by atoms with van der Waals surface area (Å²) in [6, 6.07) is 7.56. The second-order valence-electron chi connectivity index (χ2n) is 10.1. The normalized spacial score (nSPS) is 12.4. The monoisotopic (exact) mass is 693 g/mol. The number of hydrogen-bond donors (Lipinski definition) is 0. The van der Waals surface area contributed by atoms with Crippen molar-refractivity contribution in [2.24, 2.45) is 0 Å². The van der Waals surface area contributed by atoms with Crippen LogP contribution in [0.25, 0.3) is 9.81 Å². The first kappa shape index (κ1) is 40.4. The molecule has 0 N–H and O–H groups in total. The highest BCUT2D eigenvalue weighted by Gasteiger charge is 2.46. The summed E-state index contributed by atoms with van der Waals surface area (Å²) < 4.78 is 119. The molecule has 0 bridgehead atoms. The van der Waals surface area contributed by atoms with Gasteiger partial charge in [-0.25, -0.2) is 30.8 Å². The lowest BCUT2D eigenvalue weighted by Crippen LogP contribution is -2.30. The first-order valence-electron chi connectivity index (χ1n) is 14.7. The molecule has 0 saturated heterocycles. The van der Waals surface area contributed by atoms with Gasteiger partial charge in [0.25, 0.3) is 0 Å². The molecule has 0 radical (unpaired) electrons. The quantitative estimate of drug-likeness (QED) is 0.0684. The summed E-state index contributed by atoms with van der Waals surface area (Å²) in [6.07, 6.45) is 22.9. The fourth-order valence-corrected chi connectivity index (χ4v) is 5.72. The van der Waals surface area contributed by atoms with Gasteiger partial charge in [0.15, 0.2) is 20.0 Å². The number of carbonyl (C=O) groups excluding carboxylic acids is 1. The number of carbonyl (C=O) groups is 1. The molecule has 0 unspecified atom stereocenters. The van der Waals surface area contributed by atoms with Gasteiger partial charge >= 0.3 is 17.0 Å². The lowest BCUT2D eigenvalue weighted by atomic mass is 10.1. The molecule has 1 aromatic heterocycles. The molecule has 0 saturated carbocycles. The molecule has 17 heteroatoms. The van der Waals surface area contributed by atoms with Crippen LogP contribution in [-0.2, 0) is 31.3 Å². The van der Waals surface area contributed by atoms with Crippen molar-refractivity contribution >= 4 is 26.0 Å². The number of ether oxygens (including phenoxy) is 1.